The van der Waals surface area contributed by atoms with Crippen molar-refractivity contribution < 1.29 is 14.3 Å². The second-order valence-corrected chi connectivity index (χ2v) is 7.44. The van der Waals surface area contributed by atoms with Gasteiger partial charge in [0.15, 0.2) is 5.78 Å². The zero-order valence-electron chi connectivity index (χ0n) is 14.7. The number of amides is 1. The summed E-state index contributed by atoms with van der Waals surface area (Å²) in [7, 11) is 0. The third kappa shape index (κ3) is 3.20. The largest absolute Gasteiger partial charge is 0.444 e. The molecule has 1 aliphatic heterocycles. The predicted octanol–water partition coefficient (Wildman–Crippen LogP) is 2.22. The molecule has 0 N–H and O–H groups in total. The van der Waals surface area contributed by atoms with Crippen molar-refractivity contribution in [2.75, 3.05) is 31.1 Å². The Bertz CT molecular complexity index is 660. The van der Waals surface area contributed by atoms with Crippen molar-refractivity contribution >= 4 is 17.7 Å². The molecule has 2 aliphatic rings. The summed E-state index contributed by atoms with van der Waals surface area (Å²) >= 11 is 0. The summed E-state index contributed by atoms with van der Waals surface area (Å²) < 4.78 is 5.42. The van der Waals surface area contributed by atoms with E-state index in [4.69, 9.17) is 4.74 Å². The molecule has 1 fully saturated rings. The van der Waals surface area contributed by atoms with E-state index in [1.165, 1.54) is 6.33 Å². The monoisotopic (exact) mass is 332 g/mol. The van der Waals surface area contributed by atoms with Gasteiger partial charge in [-0.05, 0) is 26.7 Å². The first-order valence-corrected chi connectivity index (χ1v) is 8.37. The number of fused-ring (bicyclic) bond motifs is 1. The van der Waals surface area contributed by atoms with Gasteiger partial charge in [0, 0.05) is 38.2 Å². The molecular formula is C17H24N4O3. The lowest BCUT2D eigenvalue weighted by Crippen LogP contribution is -2.50. The molecule has 1 aromatic heterocycles. The van der Waals surface area contributed by atoms with Crippen LogP contribution >= 0.6 is 0 Å². The van der Waals surface area contributed by atoms with Crippen molar-refractivity contribution in [1.29, 1.82) is 0 Å². The lowest BCUT2D eigenvalue weighted by atomic mass is 10.1. The van der Waals surface area contributed by atoms with Crippen LogP contribution in [-0.2, 0) is 4.74 Å². The summed E-state index contributed by atoms with van der Waals surface area (Å²) in [5, 5.41) is 0. The number of nitrogens with zero attached hydrogens (tertiary/aromatic N) is 4. The van der Waals surface area contributed by atoms with Gasteiger partial charge in [0.2, 0.25) is 0 Å². The van der Waals surface area contributed by atoms with Crippen LogP contribution in [0.25, 0.3) is 0 Å². The van der Waals surface area contributed by atoms with E-state index in [2.05, 4.69) is 14.9 Å². The van der Waals surface area contributed by atoms with E-state index in [0.29, 0.717) is 38.3 Å². The van der Waals surface area contributed by atoms with Gasteiger partial charge >= 0.3 is 6.09 Å². The fourth-order valence-electron chi connectivity index (χ4n) is 3.22. The normalized spacial score (nSPS) is 21.0. The SMILES string of the molecule is CC1CC(=O)c2ncnc(N3CCN(C(=O)OC(C)(C)C)CC3)c21. The van der Waals surface area contributed by atoms with Crippen molar-refractivity contribution in [3.05, 3.63) is 17.6 Å². The van der Waals surface area contributed by atoms with Crippen LogP contribution < -0.4 is 4.90 Å². The smallest absolute Gasteiger partial charge is 0.410 e. The molecule has 1 amide bonds. The Kier molecular flexibility index (Phi) is 4.19. The maximum Gasteiger partial charge on any atom is 0.410 e. The maximum absolute atomic E-state index is 12.2. The van der Waals surface area contributed by atoms with E-state index in [0.717, 1.165) is 11.4 Å². The maximum atomic E-state index is 12.2. The Labute approximate surface area is 142 Å². The third-order valence-corrected chi connectivity index (χ3v) is 4.34. The molecule has 0 spiro atoms. The van der Waals surface area contributed by atoms with E-state index in [-0.39, 0.29) is 17.8 Å². The van der Waals surface area contributed by atoms with Crippen LogP contribution in [-0.4, -0.2) is 58.5 Å². The Morgan fingerprint density at radius 2 is 1.88 bits per heavy atom. The van der Waals surface area contributed by atoms with E-state index in [1.807, 2.05) is 27.7 Å². The summed E-state index contributed by atoms with van der Waals surface area (Å²) in [5.74, 6) is 1.07. The highest BCUT2D eigenvalue weighted by molar-refractivity contribution is 6.00. The molecule has 0 aromatic carbocycles. The number of hydrogen-bond donors (Lipinski definition) is 0. The molecule has 130 valence electrons. The second-order valence-electron chi connectivity index (χ2n) is 7.44. The number of Topliss-reactive ketones (excluding diaryl/α,β-unsaturated/α-hetero) is 1. The van der Waals surface area contributed by atoms with E-state index in [1.54, 1.807) is 4.90 Å². The van der Waals surface area contributed by atoms with Gasteiger partial charge in [-0.1, -0.05) is 6.92 Å². The molecule has 24 heavy (non-hydrogen) atoms. The van der Waals surface area contributed by atoms with Gasteiger partial charge in [-0.3, -0.25) is 4.79 Å². The molecular weight excluding hydrogens is 308 g/mol. The van der Waals surface area contributed by atoms with Crippen LogP contribution in [0.15, 0.2) is 6.33 Å². The van der Waals surface area contributed by atoms with Gasteiger partial charge in [0.25, 0.3) is 0 Å². The number of hydrogen-bond acceptors (Lipinski definition) is 6. The zero-order chi connectivity index (χ0) is 17.5. The first-order chi connectivity index (χ1) is 11.3. The second kappa shape index (κ2) is 6.03. The van der Waals surface area contributed by atoms with Gasteiger partial charge in [-0.15, -0.1) is 0 Å². The highest BCUT2D eigenvalue weighted by atomic mass is 16.6. The molecule has 1 atom stereocenters. The third-order valence-electron chi connectivity index (χ3n) is 4.34. The number of rotatable bonds is 1. The summed E-state index contributed by atoms with van der Waals surface area (Å²) in [5.41, 5.74) is 1.02. The Morgan fingerprint density at radius 1 is 1.21 bits per heavy atom. The molecule has 0 saturated carbocycles. The molecule has 7 nitrogen and oxygen atoms in total. The zero-order valence-corrected chi connectivity index (χ0v) is 14.7. The number of aromatic nitrogens is 2. The number of ketones is 1. The summed E-state index contributed by atoms with van der Waals surface area (Å²) in [6.45, 7) is 10.1. The van der Waals surface area contributed by atoms with Crippen molar-refractivity contribution in [3.63, 3.8) is 0 Å². The van der Waals surface area contributed by atoms with Gasteiger partial charge < -0.3 is 14.5 Å². The summed E-state index contributed by atoms with van der Waals surface area (Å²) in [6.07, 6.45) is 1.68. The number of ether oxygens (including phenoxy) is 1. The highest BCUT2D eigenvalue weighted by Crippen LogP contribution is 2.37. The summed E-state index contributed by atoms with van der Waals surface area (Å²) in [4.78, 5) is 36.6. The molecule has 0 radical (unpaired) electrons. The molecule has 0 bridgehead atoms. The Hall–Kier alpha value is -2.18. The molecule has 3 rings (SSSR count). The van der Waals surface area contributed by atoms with Gasteiger partial charge in [0.05, 0.1) is 0 Å². The highest BCUT2D eigenvalue weighted by Gasteiger charge is 2.34. The molecule has 7 heteroatoms. The average Bonchev–Trinajstić information content (AvgIpc) is 2.81. The van der Waals surface area contributed by atoms with Gasteiger partial charge in [0.1, 0.15) is 23.4 Å². The van der Waals surface area contributed by atoms with Crippen molar-refractivity contribution in [2.45, 2.75) is 45.6 Å². The fourth-order valence-corrected chi connectivity index (χ4v) is 3.22. The van der Waals surface area contributed by atoms with Crippen LogP contribution in [0, 0.1) is 0 Å². The summed E-state index contributed by atoms with van der Waals surface area (Å²) in [6, 6.07) is 0. The molecule has 1 aromatic rings. The standard InChI is InChI=1S/C17H24N4O3/c1-11-9-12(22)14-13(11)15(19-10-18-14)20-5-7-21(8-6-20)16(23)24-17(2,3)4/h10-11H,5-9H2,1-4H3. The topological polar surface area (TPSA) is 75.6 Å². The number of carbonyl (C=O) groups is 2. The Balaban J connectivity index is 1.70. The number of piperazine rings is 1. The van der Waals surface area contributed by atoms with Crippen LogP contribution in [0.4, 0.5) is 10.6 Å². The average molecular weight is 332 g/mol. The molecule has 1 aliphatic carbocycles. The Morgan fingerprint density at radius 3 is 2.50 bits per heavy atom. The minimum atomic E-state index is -0.489. The van der Waals surface area contributed by atoms with E-state index < -0.39 is 5.60 Å². The first-order valence-electron chi connectivity index (χ1n) is 8.37. The molecule has 1 saturated heterocycles. The van der Waals surface area contributed by atoms with Crippen molar-refractivity contribution in [1.82, 2.24) is 14.9 Å². The van der Waals surface area contributed by atoms with Crippen LogP contribution in [0.1, 0.15) is 56.1 Å². The van der Waals surface area contributed by atoms with Crippen LogP contribution in [0.2, 0.25) is 0 Å². The molecule has 2 heterocycles. The lowest BCUT2D eigenvalue weighted by molar-refractivity contribution is 0.0240. The van der Waals surface area contributed by atoms with Crippen LogP contribution in [0.3, 0.4) is 0 Å². The van der Waals surface area contributed by atoms with Gasteiger partial charge in [-0.2, -0.15) is 0 Å². The minimum Gasteiger partial charge on any atom is -0.444 e. The van der Waals surface area contributed by atoms with Crippen molar-refractivity contribution in [2.24, 2.45) is 0 Å². The van der Waals surface area contributed by atoms with Crippen LogP contribution in [0.5, 0.6) is 0 Å². The van der Waals surface area contributed by atoms with Crippen molar-refractivity contribution in [3.8, 4) is 0 Å². The number of carbonyl (C=O) groups excluding carboxylic acids is 2. The number of anilines is 1. The fraction of sp³-hybridized carbons (Fsp3) is 0.647. The predicted molar refractivity (Wildman–Crippen MR) is 89.4 cm³/mol. The van der Waals surface area contributed by atoms with Gasteiger partial charge in [-0.25, -0.2) is 14.8 Å². The molecule has 1 unspecified atom stereocenters. The lowest BCUT2D eigenvalue weighted by Gasteiger charge is -2.36. The van der Waals surface area contributed by atoms with E-state index >= 15 is 0 Å². The quantitative estimate of drug-likeness (QED) is 0.785. The van der Waals surface area contributed by atoms with E-state index in [9.17, 15) is 9.59 Å². The minimum absolute atomic E-state index is 0.0912. The first kappa shape index (κ1) is 16.7.